The normalized spacial score (nSPS) is 11.2. The van der Waals surface area contributed by atoms with E-state index in [0.29, 0.717) is 21.8 Å². The number of nitrogens with one attached hydrogen (secondary N) is 2. The first-order valence-corrected chi connectivity index (χ1v) is 14.3. The Labute approximate surface area is 238 Å². The number of aryl methyl sites for hydroxylation is 2. The van der Waals surface area contributed by atoms with Crippen LogP contribution in [0.5, 0.6) is 0 Å². The Morgan fingerprint density at radius 3 is 1.89 bits per heavy atom. The van der Waals surface area contributed by atoms with Crippen LogP contribution in [0.1, 0.15) is 9.75 Å². The zero-order chi connectivity index (χ0) is 26.2. The lowest BCUT2D eigenvalue weighted by Gasteiger charge is -2.15. The average Bonchev–Trinajstić information content (AvgIpc) is 3.52. The van der Waals surface area contributed by atoms with Crippen LogP contribution in [-0.2, 0) is 0 Å². The van der Waals surface area contributed by atoms with E-state index in [4.69, 9.17) is 33.2 Å². The van der Waals surface area contributed by atoms with Crippen molar-refractivity contribution >= 4 is 79.9 Å². The van der Waals surface area contributed by atoms with Gasteiger partial charge in [-0.2, -0.15) is 4.98 Å². The molecule has 3 aromatic heterocycles. The molecule has 3 heterocycles. The Morgan fingerprint density at radius 2 is 1.29 bits per heavy atom. The van der Waals surface area contributed by atoms with Crippen LogP contribution in [0.15, 0.2) is 84.9 Å². The van der Waals surface area contributed by atoms with E-state index in [1.807, 2.05) is 48.5 Å². The van der Waals surface area contributed by atoms with E-state index in [-0.39, 0.29) is 0 Å². The number of aromatic nitrogens is 2. The summed E-state index contributed by atoms with van der Waals surface area (Å²) in [6.45, 7) is 4.25. The number of hydrogen-bond acceptors (Lipinski definition) is 6. The van der Waals surface area contributed by atoms with Crippen LogP contribution >= 0.6 is 45.9 Å². The van der Waals surface area contributed by atoms with Crippen molar-refractivity contribution in [1.29, 1.82) is 0 Å². The minimum atomic E-state index is 0.471. The molecule has 0 saturated heterocycles. The lowest BCUT2D eigenvalue weighted by atomic mass is 10.0. The van der Waals surface area contributed by atoms with Crippen LogP contribution in [0.3, 0.4) is 0 Å². The summed E-state index contributed by atoms with van der Waals surface area (Å²) in [6.07, 6.45) is 0. The van der Waals surface area contributed by atoms with Gasteiger partial charge in [0.05, 0.1) is 5.52 Å². The van der Waals surface area contributed by atoms with Crippen molar-refractivity contribution < 1.29 is 0 Å². The van der Waals surface area contributed by atoms with E-state index in [9.17, 15) is 0 Å². The van der Waals surface area contributed by atoms with Crippen molar-refractivity contribution in [2.45, 2.75) is 13.8 Å². The van der Waals surface area contributed by atoms with Gasteiger partial charge in [0.25, 0.3) is 0 Å². The molecule has 0 spiro atoms. The van der Waals surface area contributed by atoms with E-state index in [1.54, 1.807) is 22.7 Å². The predicted octanol–water partition coefficient (Wildman–Crippen LogP) is 10.5. The SMILES string of the molecule is Cc1ccc(-c2cc(-c3ccc(C)s3)c3nc(Nc4cccc(Cl)c4)nc(Nc4cccc(Cl)c4)c3c2)s1. The quantitative estimate of drug-likeness (QED) is 0.208. The molecule has 0 aliphatic heterocycles. The van der Waals surface area contributed by atoms with Crippen LogP contribution in [0.2, 0.25) is 10.0 Å². The molecule has 0 fully saturated rings. The molecule has 0 saturated carbocycles. The molecule has 188 valence electrons. The largest absolute Gasteiger partial charge is 0.340 e. The van der Waals surface area contributed by atoms with Crippen LogP contribution in [0.4, 0.5) is 23.1 Å². The van der Waals surface area contributed by atoms with Crippen LogP contribution in [-0.4, -0.2) is 9.97 Å². The molecule has 0 unspecified atom stereocenters. The van der Waals surface area contributed by atoms with Gasteiger partial charge in [-0.3, -0.25) is 0 Å². The molecule has 4 nitrogen and oxygen atoms in total. The third kappa shape index (κ3) is 5.26. The zero-order valence-corrected chi connectivity index (χ0v) is 23.7. The Balaban J connectivity index is 1.60. The summed E-state index contributed by atoms with van der Waals surface area (Å²) in [5.74, 6) is 1.16. The van der Waals surface area contributed by atoms with Gasteiger partial charge in [0, 0.05) is 51.9 Å². The number of rotatable bonds is 6. The summed E-state index contributed by atoms with van der Waals surface area (Å²) >= 11 is 16.1. The van der Waals surface area contributed by atoms with Crippen molar-refractivity contribution in [2.24, 2.45) is 0 Å². The van der Waals surface area contributed by atoms with Gasteiger partial charge in [-0.1, -0.05) is 35.3 Å². The lowest BCUT2D eigenvalue weighted by molar-refractivity contribution is 1.21. The number of fused-ring (bicyclic) bond motifs is 1. The number of thiophene rings is 2. The number of anilines is 4. The monoisotopic (exact) mass is 572 g/mol. The molecule has 6 rings (SSSR count). The zero-order valence-electron chi connectivity index (χ0n) is 20.5. The van der Waals surface area contributed by atoms with Crippen LogP contribution < -0.4 is 10.6 Å². The smallest absolute Gasteiger partial charge is 0.229 e. The van der Waals surface area contributed by atoms with Gasteiger partial charge in [-0.05, 0) is 92.2 Å². The molecule has 3 aromatic carbocycles. The van der Waals surface area contributed by atoms with Gasteiger partial charge >= 0.3 is 0 Å². The molecule has 38 heavy (non-hydrogen) atoms. The molecule has 8 heteroatoms. The highest BCUT2D eigenvalue weighted by Crippen LogP contribution is 2.41. The van der Waals surface area contributed by atoms with Crippen molar-refractivity contribution in [3.63, 3.8) is 0 Å². The van der Waals surface area contributed by atoms with E-state index in [0.717, 1.165) is 38.3 Å². The summed E-state index contributed by atoms with van der Waals surface area (Å²) < 4.78 is 0. The average molecular weight is 574 g/mol. The molecule has 0 aliphatic carbocycles. The third-order valence-electron chi connectivity index (χ3n) is 6.00. The number of halogens is 2. The lowest BCUT2D eigenvalue weighted by Crippen LogP contribution is -2.03. The van der Waals surface area contributed by atoms with Crippen molar-refractivity contribution in [1.82, 2.24) is 9.97 Å². The second kappa shape index (κ2) is 10.4. The summed E-state index contributed by atoms with van der Waals surface area (Å²) in [6, 6.07) is 28.2. The maximum Gasteiger partial charge on any atom is 0.229 e. The predicted molar refractivity (Wildman–Crippen MR) is 165 cm³/mol. The number of hydrogen-bond donors (Lipinski definition) is 2. The van der Waals surface area contributed by atoms with Gasteiger partial charge in [-0.25, -0.2) is 4.98 Å². The van der Waals surface area contributed by atoms with Crippen molar-refractivity contribution in [3.05, 3.63) is 105 Å². The Kier molecular flexibility index (Phi) is 6.80. The molecule has 0 aliphatic rings. The molecule has 0 bridgehead atoms. The first-order valence-electron chi connectivity index (χ1n) is 12.0. The van der Waals surface area contributed by atoms with Crippen molar-refractivity contribution in [2.75, 3.05) is 10.6 Å². The molecular formula is C30H22Cl2N4S2. The number of nitrogens with zero attached hydrogens (tertiary/aromatic N) is 2. The van der Waals surface area contributed by atoms with E-state index in [2.05, 4.69) is 60.9 Å². The van der Waals surface area contributed by atoms with Gasteiger partial charge in [0.2, 0.25) is 5.95 Å². The summed E-state index contributed by atoms with van der Waals surface area (Å²) in [7, 11) is 0. The summed E-state index contributed by atoms with van der Waals surface area (Å²) in [5.41, 5.74) is 4.70. The fourth-order valence-corrected chi connectivity index (χ4v) is 6.40. The summed E-state index contributed by atoms with van der Waals surface area (Å²) in [4.78, 5) is 14.8. The Hall–Kier alpha value is -3.42. The second-order valence-corrected chi connectivity index (χ2v) is 12.4. The minimum Gasteiger partial charge on any atom is -0.340 e. The van der Waals surface area contributed by atoms with Gasteiger partial charge in [-0.15, -0.1) is 22.7 Å². The van der Waals surface area contributed by atoms with Crippen LogP contribution in [0.25, 0.3) is 31.8 Å². The Morgan fingerprint density at radius 1 is 0.658 bits per heavy atom. The highest BCUT2D eigenvalue weighted by molar-refractivity contribution is 7.16. The number of benzene rings is 3. The fraction of sp³-hybridized carbons (Fsp3) is 0.0667. The molecule has 0 radical (unpaired) electrons. The minimum absolute atomic E-state index is 0.471. The third-order valence-corrected chi connectivity index (χ3v) is 8.55. The molecular weight excluding hydrogens is 551 g/mol. The van der Waals surface area contributed by atoms with E-state index >= 15 is 0 Å². The van der Waals surface area contributed by atoms with E-state index < -0.39 is 0 Å². The van der Waals surface area contributed by atoms with E-state index in [1.165, 1.54) is 14.6 Å². The first kappa shape index (κ1) is 24.9. The highest BCUT2D eigenvalue weighted by Gasteiger charge is 2.17. The maximum atomic E-state index is 6.30. The summed E-state index contributed by atoms with van der Waals surface area (Å²) in [5, 5.41) is 9.05. The maximum absolute atomic E-state index is 6.30. The Bertz CT molecular complexity index is 1790. The topological polar surface area (TPSA) is 49.8 Å². The fourth-order valence-electron chi connectivity index (χ4n) is 4.28. The molecule has 2 N–H and O–H groups in total. The van der Waals surface area contributed by atoms with Gasteiger partial charge in [0.1, 0.15) is 5.82 Å². The van der Waals surface area contributed by atoms with Crippen LogP contribution in [0, 0.1) is 13.8 Å². The first-order chi connectivity index (χ1) is 18.4. The standard InChI is InChI=1S/C30H22Cl2N4S2/c1-17-9-11-26(37-17)19-13-24(27-12-10-18(2)38-27)28-25(14-19)29(33-22-7-3-5-20(31)15-22)36-30(35-28)34-23-8-4-6-21(32)16-23/h3-16H,1-2H3,(H2,33,34,35,36). The molecule has 0 atom stereocenters. The van der Waals surface area contributed by atoms with Gasteiger partial charge in [0.15, 0.2) is 0 Å². The molecule has 0 amide bonds. The molecule has 6 aromatic rings. The van der Waals surface area contributed by atoms with Gasteiger partial charge < -0.3 is 10.6 Å². The van der Waals surface area contributed by atoms with Crippen molar-refractivity contribution in [3.8, 4) is 20.9 Å². The second-order valence-electron chi connectivity index (χ2n) is 8.91. The highest BCUT2D eigenvalue weighted by atomic mass is 35.5.